The Balaban J connectivity index is 1.07. The molecule has 0 bridgehead atoms. The number of ether oxygens (including phenoxy) is 2. The van der Waals surface area contributed by atoms with Gasteiger partial charge in [0.1, 0.15) is 23.0 Å². The molecule has 63 heavy (non-hydrogen) atoms. The molecule has 0 unspecified atom stereocenters. The van der Waals surface area contributed by atoms with Crippen LogP contribution in [0.2, 0.25) is 0 Å². The zero-order chi connectivity index (χ0) is 41.4. The van der Waals surface area contributed by atoms with Crippen molar-refractivity contribution in [1.82, 2.24) is 0 Å². The molecule has 0 saturated heterocycles. The zero-order valence-corrected chi connectivity index (χ0v) is 34.2. The maximum atomic E-state index is 7.11. The third kappa shape index (κ3) is 5.56. The Hall–Kier alpha value is -8.28. The van der Waals surface area contributed by atoms with E-state index in [-0.39, 0.29) is 6.71 Å². The van der Waals surface area contributed by atoms with Crippen molar-refractivity contribution >= 4 is 100 Å². The van der Waals surface area contributed by atoms with Crippen molar-refractivity contribution < 1.29 is 9.47 Å². The van der Waals surface area contributed by atoms with E-state index in [2.05, 4.69) is 228 Å². The molecule has 11 aromatic rings. The van der Waals surface area contributed by atoms with Gasteiger partial charge in [0.25, 0.3) is 6.71 Å². The third-order valence-corrected chi connectivity index (χ3v) is 12.9. The molecule has 13 rings (SSSR count). The molecule has 0 aromatic heterocycles. The van der Waals surface area contributed by atoms with E-state index >= 15 is 0 Å². The van der Waals surface area contributed by atoms with Gasteiger partial charge in [-0.05, 0) is 92.5 Å². The first-order chi connectivity index (χ1) is 31.3. The van der Waals surface area contributed by atoms with E-state index in [1.807, 2.05) is 6.07 Å². The normalized spacial score (nSPS) is 12.3. The summed E-state index contributed by atoms with van der Waals surface area (Å²) in [5.41, 5.74) is 9.74. The van der Waals surface area contributed by atoms with Crippen LogP contribution >= 0.6 is 0 Å². The van der Waals surface area contributed by atoms with E-state index in [0.29, 0.717) is 0 Å². The minimum Gasteiger partial charge on any atom is -0.458 e. The van der Waals surface area contributed by atoms with Crippen LogP contribution in [-0.4, -0.2) is 6.71 Å². The quantitative estimate of drug-likeness (QED) is 0.156. The fourth-order valence-electron chi connectivity index (χ4n) is 10.2. The minimum atomic E-state index is -0.171. The van der Waals surface area contributed by atoms with Gasteiger partial charge in [0.15, 0.2) is 0 Å². The van der Waals surface area contributed by atoms with E-state index in [9.17, 15) is 0 Å². The van der Waals surface area contributed by atoms with Gasteiger partial charge < -0.3 is 19.3 Å². The molecule has 2 aliphatic rings. The number of fused-ring (bicyclic) bond motifs is 10. The van der Waals surface area contributed by atoms with Crippen molar-refractivity contribution in [1.29, 1.82) is 0 Å². The summed E-state index contributed by atoms with van der Waals surface area (Å²) < 4.78 is 14.2. The summed E-state index contributed by atoms with van der Waals surface area (Å²) in [4.78, 5) is 4.76. The molecule has 0 amide bonds. The van der Waals surface area contributed by atoms with Crippen LogP contribution in [0, 0.1) is 0 Å². The SMILES string of the molecule is c1ccc(N(c2ccc3ccccc3c2)c2cc3c(c4ccccc24)B2c4c(cccc4Oc4cc(N(c5ccccc5)c5cccc6ccccc56)c5ccccc5c42)O3)cc1. The van der Waals surface area contributed by atoms with Crippen LogP contribution in [0.25, 0.3) is 43.1 Å². The molecule has 294 valence electrons. The molecule has 2 heterocycles. The van der Waals surface area contributed by atoms with Gasteiger partial charge in [0.2, 0.25) is 0 Å². The fourth-order valence-corrected chi connectivity index (χ4v) is 10.2. The average Bonchev–Trinajstić information content (AvgIpc) is 3.34. The number of hydrogen-bond acceptors (Lipinski definition) is 4. The first kappa shape index (κ1) is 35.5. The molecular weight excluding hydrogens is 767 g/mol. The summed E-state index contributed by atoms with van der Waals surface area (Å²) in [6.45, 7) is -0.171. The number of anilines is 6. The molecule has 0 fully saturated rings. The predicted molar refractivity (Wildman–Crippen MR) is 264 cm³/mol. The maximum Gasteiger partial charge on any atom is 0.262 e. The standard InChI is InChI=1S/C58H37BN2O2/c1-3-21-41(22-4-1)60(43-34-33-38-17-7-8-19-40(38)35-43)50-36-54-56(47-28-13-11-26-45(47)50)59-57-48-29-14-12-27-46(48)51(37-55(57)63-53-32-16-31-52(62-54)58(53)59)61(42-23-5-2-6-24-42)49-30-15-20-39-18-9-10-25-44(39)49/h1-37H. The van der Waals surface area contributed by atoms with Gasteiger partial charge in [-0.1, -0.05) is 158 Å². The molecule has 0 atom stereocenters. The highest BCUT2D eigenvalue weighted by atomic mass is 16.5. The van der Waals surface area contributed by atoms with Crippen LogP contribution in [-0.2, 0) is 0 Å². The van der Waals surface area contributed by atoms with Crippen molar-refractivity contribution in [3.05, 3.63) is 224 Å². The molecule has 0 aliphatic carbocycles. The summed E-state index contributed by atoms with van der Waals surface area (Å²) in [5.74, 6) is 3.29. The van der Waals surface area contributed by atoms with Crippen molar-refractivity contribution in [2.75, 3.05) is 9.80 Å². The van der Waals surface area contributed by atoms with Gasteiger partial charge in [0.05, 0.1) is 17.1 Å². The van der Waals surface area contributed by atoms with Crippen LogP contribution in [0.1, 0.15) is 0 Å². The highest BCUT2D eigenvalue weighted by Crippen LogP contribution is 2.48. The number of nitrogens with zero attached hydrogens (tertiary/aromatic N) is 2. The minimum absolute atomic E-state index is 0.171. The molecule has 5 heteroatoms. The van der Waals surface area contributed by atoms with E-state index in [0.717, 1.165) is 95.1 Å². The van der Waals surface area contributed by atoms with Crippen LogP contribution in [0.4, 0.5) is 34.1 Å². The molecule has 4 nitrogen and oxygen atoms in total. The topological polar surface area (TPSA) is 24.9 Å². The number of hydrogen-bond donors (Lipinski definition) is 0. The second kappa shape index (κ2) is 14.2. The Bertz CT molecular complexity index is 3600. The molecule has 0 radical (unpaired) electrons. The van der Waals surface area contributed by atoms with E-state index in [4.69, 9.17) is 9.47 Å². The summed E-state index contributed by atoms with van der Waals surface area (Å²) >= 11 is 0. The van der Waals surface area contributed by atoms with E-state index in [1.54, 1.807) is 0 Å². The van der Waals surface area contributed by atoms with Gasteiger partial charge in [-0.3, -0.25) is 0 Å². The predicted octanol–water partition coefficient (Wildman–Crippen LogP) is 14.0. The van der Waals surface area contributed by atoms with Gasteiger partial charge >= 0.3 is 0 Å². The molecule has 2 aliphatic heterocycles. The largest absolute Gasteiger partial charge is 0.458 e. The smallest absolute Gasteiger partial charge is 0.262 e. The Morgan fingerprint density at radius 3 is 1.38 bits per heavy atom. The zero-order valence-electron chi connectivity index (χ0n) is 34.2. The second-order valence-electron chi connectivity index (χ2n) is 16.4. The van der Waals surface area contributed by atoms with E-state index in [1.165, 1.54) is 21.5 Å². The van der Waals surface area contributed by atoms with Crippen molar-refractivity contribution in [3.63, 3.8) is 0 Å². The van der Waals surface area contributed by atoms with Crippen LogP contribution in [0.3, 0.4) is 0 Å². The summed E-state index contributed by atoms with van der Waals surface area (Å²) in [7, 11) is 0. The van der Waals surface area contributed by atoms with Crippen LogP contribution in [0.15, 0.2) is 224 Å². The Morgan fingerprint density at radius 2 is 0.746 bits per heavy atom. The fraction of sp³-hybridized carbons (Fsp3) is 0. The number of benzene rings is 11. The maximum absolute atomic E-state index is 7.11. The Morgan fingerprint density at radius 1 is 0.270 bits per heavy atom. The third-order valence-electron chi connectivity index (χ3n) is 12.9. The number of rotatable bonds is 6. The molecular formula is C58H37BN2O2. The van der Waals surface area contributed by atoms with E-state index < -0.39 is 0 Å². The molecule has 0 N–H and O–H groups in total. The van der Waals surface area contributed by atoms with Gasteiger partial charge in [-0.15, -0.1) is 0 Å². The van der Waals surface area contributed by atoms with Crippen LogP contribution in [0.5, 0.6) is 23.0 Å². The Kier molecular flexibility index (Phi) is 7.97. The summed E-state index contributed by atoms with van der Waals surface area (Å²) in [6.07, 6.45) is 0. The molecule has 0 saturated carbocycles. The summed E-state index contributed by atoms with van der Waals surface area (Å²) in [5, 5.41) is 9.31. The second-order valence-corrected chi connectivity index (χ2v) is 16.4. The van der Waals surface area contributed by atoms with Crippen molar-refractivity contribution in [3.8, 4) is 23.0 Å². The first-order valence-corrected chi connectivity index (χ1v) is 21.5. The first-order valence-electron chi connectivity index (χ1n) is 21.5. The number of para-hydroxylation sites is 2. The highest BCUT2D eigenvalue weighted by Gasteiger charge is 2.43. The van der Waals surface area contributed by atoms with Crippen molar-refractivity contribution in [2.45, 2.75) is 0 Å². The molecule has 11 aromatic carbocycles. The molecule has 0 spiro atoms. The Labute approximate surface area is 365 Å². The lowest BCUT2D eigenvalue weighted by Crippen LogP contribution is -2.58. The summed E-state index contributed by atoms with van der Waals surface area (Å²) in [6, 6.07) is 80.2. The van der Waals surface area contributed by atoms with Gasteiger partial charge in [-0.2, -0.15) is 0 Å². The average molecular weight is 805 g/mol. The monoisotopic (exact) mass is 804 g/mol. The van der Waals surface area contributed by atoms with Gasteiger partial charge in [0, 0.05) is 50.8 Å². The lowest BCUT2D eigenvalue weighted by atomic mass is 9.33. The lowest BCUT2D eigenvalue weighted by Gasteiger charge is -2.37. The highest BCUT2D eigenvalue weighted by molar-refractivity contribution is 7.01. The van der Waals surface area contributed by atoms with Gasteiger partial charge in [-0.25, -0.2) is 0 Å². The van der Waals surface area contributed by atoms with Crippen LogP contribution < -0.4 is 35.7 Å². The lowest BCUT2D eigenvalue weighted by molar-refractivity contribution is 0.465. The van der Waals surface area contributed by atoms with Crippen molar-refractivity contribution in [2.24, 2.45) is 0 Å².